The van der Waals surface area contributed by atoms with Crippen LogP contribution in [0.25, 0.3) is 0 Å². The van der Waals surface area contributed by atoms with Gasteiger partial charge in [0.2, 0.25) is 6.35 Å². The van der Waals surface area contributed by atoms with Crippen LogP contribution in [0.3, 0.4) is 0 Å². The van der Waals surface area contributed by atoms with Gasteiger partial charge < -0.3 is 9.84 Å². The number of aliphatic hydroxyl groups is 1. The Hall–Kier alpha value is -0.470. The van der Waals surface area contributed by atoms with Crippen LogP contribution in [0.5, 0.6) is 0 Å². The molecule has 0 aromatic heterocycles. The van der Waals surface area contributed by atoms with Crippen LogP contribution in [-0.2, 0) is 14.1 Å². The Balaban J connectivity index is 3.21. The second kappa shape index (κ2) is 9.10. The van der Waals surface area contributed by atoms with E-state index >= 15 is 0 Å². The molecule has 82 valence electrons. The minimum Gasteiger partial charge on any atom is -0.466 e. The summed E-state index contributed by atoms with van der Waals surface area (Å²) >= 11 is 0. The van der Waals surface area contributed by atoms with E-state index in [4.69, 9.17) is 9.84 Å². The lowest BCUT2D eigenvalue weighted by molar-refractivity contribution is -0.143. The summed E-state index contributed by atoms with van der Waals surface area (Å²) in [6, 6.07) is 0. The molecule has 0 aromatic carbocycles. The Morgan fingerprint density at radius 2 is 2.07 bits per heavy atom. The lowest BCUT2D eigenvalue weighted by Crippen LogP contribution is -2.03. The van der Waals surface area contributed by atoms with Gasteiger partial charge >= 0.3 is 13.8 Å². The van der Waals surface area contributed by atoms with Crippen LogP contribution in [-0.4, -0.2) is 30.2 Å². The third-order valence-corrected chi connectivity index (χ3v) is 2.88. The Labute approximate surface area is 85.4 Å². The van der Waals surface area contributed by atoms with Gasteiger partial charge in [-0.05, 0) is 26.2 Å². The number of carbonyl (C=O) groups is 1. The molecule has 14 heavy (non-hydrogen) atoms. The highest BCUT2D eigenvalue weighted by molar-refractivity contribution is 7.44. The first-order valence-corrected chi connectivity index (χ1v) is 6.52. The predicted octanol–water partition coefficient (Wildman–Crippen LogP) is 1.89. The summed E-state index contributed by atoms with van der Waals surface area (Å²) < 4.78 is 15.6. The van der Waals surface area contributed by atoms with Crippen molar-refractivity contribution in [2.45, 2.75) is 32.6 Å². The van der Waals surface area contributed by atoms with Crippen LogP contribution in [0.2, 0.25) is 0 Å². The fraction of sp³-hybridized carbons (Fsp3) is 0.889. The fourth-order valence-electron chi connectivity index (χ4n) is 1.04. The lowest BCUT2D eigenvalue weighted by Gasteiger charge is -1.99. The molecule has 0 spiro atoms. The summed E-state index contributed by atoms with van der Waals surface area (Å²) in [5.41, 5.74) is 0. The maximum Gasteiger partial charge on any atom is 0.366 e. The smallest absolute Gasteiger partial charge is 0.366 e. The minimum absolute atomic E-state index is 0.168. The van der Waals surface area contributed by atoms with Crippen molar-refractivity contribution in [1.29, 1.82) is 0 Å². The van der Waals surface area contributed by atoms with Crippen LogP contribution in [0.1, 0.15) is 32.6 Å². The molecular weight excluding hydrogens is 203 g/mol. The minimum atomic E-state index is -1.43. The third kappa shape index (κ3) is 8.14. The van der Waals surface area contributed by atoms with Crippen molar-refractivity contribution in [2.75, 3.05) is 19.1 Å². The van der Waals surface area contributed by atoms with Crippen molar-refractivity contribution in [2.24, 2.45) is 0 Å². The van der Waals surface area contributed by atoms with E-state index in [0.29, 0.717) is 19.2 Å². The molecule has 1 unspecified atom stereocenters. The molecule has 0 heterocycles. The molecule has 1 atom stereocenters. The first-order valence-electron chi connectivity index (χ1n) is 4.89. The maximum atomic E-state index is 10.9. The van der Waals surface area contributed by atoms with Crippen LogP contribution in [0.15, 0.2) is 0 Å². The zero-order valence-electron chi connectivity index (χ0n) is 8.57. The van der Waals surface area contributed by atoms with E-state index in [0.717, 1.165) is 19.3 Å². The lowest BCUT2D eigenvalue weighted by atomic mass is 10.2. The van der Waals surface area contributed by atoms with Gasteiger partial charge in [0.1, 0.15) is 6.16 Å². The van der Waals surface area contributed by atoms with Crippen LogP contribution >= 0.6 is 7.80 Å². The molecule has 1 N–H and O–H groups in total. The highest BCUT2D eigenvalue weighted by Gasteiger charge is 2.11. The standard InChI is InChI=1S/C9H18O4P/c1-2-13-9(11)6-4-3-5-7-14(12)8-10/h10H,2-8H2,1H3/q+1. The Morgan fingerprint density at radius 1 is 1.36 bits per heavy atom. The fourth-order valence-corrected chi connectivity index (χ4v) is 1.76. The largest absolute Gasteiger partial charge is 0.466 e. The number of rotatable bonds is 8. The molecule has 0 rings (SSSR count). The Morgan fingerprint density at radius 3 is 2.64 bits per heavy atom. The van der Waals surface area contributed by atoms with Crippen LogP contribution < -0.4 is 0 Å². The molecule has 0 saturated carbocycles. The molecule has 0 fully saturated rings. The topological polar surface area (TPSA) is 63.6 Å². The molecule has 0 radical (unpaired) electrons. The highest BCUT2D eigenvalue weighted by Crippen LogP contribution is 2.20. The van der Waals surface area contributed by atoms with Crippen LogP contribution in [0.4, 0.5) is 0 Å². The summed E-state index contributed by atoms with van der Waals surface area (Å²) in [5, 5.41) is 8.49. The number of carbonyl (C=O) groups excluding carboxylic acids is 1. The number of hydrogen-bond acceptors (Lipinski definition) is 4. The number of ether oxygens (including phenoxy) is 1. The van der Waals surface area contributed by atoms with Crippen LogP contribution in [0, 0.1) is 0 Å². The zero-order valence-corrected chi connectivity index (χ0v) is 9.46. The van der Waals surface area contributed by atoms with E-state index in [-0.39, 0.29) is 12.3 Å². The monoisotopic (exact) mass is 221 g/mol. The van der Waals surface area contributed by atoms with Crippen molar-refractivity contribution < 1.29 is 19.2 Å². The first-order chi connectivity index (χ1) is 6.70. The van der Waals surface area contributed by atoms with Crippen molar-refractivity contribution in [3.8, 4) is 0 Å². The number of unbranched alkanes of at least 4 members (excludes halogenated alkanes) is 2. The van der Waals surface area contributed by atoms with Crippen molar-refractivity contribution in [1.82, 2.24) is 0 Å². The second-order valence-corrected chi connectivity index (χ2v) is 4.66. The molecule has 0 amide bonds. The number of aliphatic hydroxyl groups excluding tert-OH is 1. The van der Waals surface area contributed by atoms with E-state index in [1.165, 1.54) is 0 Å². The summed E-state index contributed by atoms with van der Waals surface area (Å²) in [7, 11) is -1.43. The van der Waals surface area contributed by atoms with Gasteiger partial charge in [-0.3, -0.25) is 4.79 Å². The third-order valence-electron chi connectivity index (χ3n) is 1.75. The quantitative estimate of drug-likeness (QED) is 0.386. The maximum absolute atomic E-state index is 10.9. The Bertz CT molecular complexity index is 182. The normalized spacial score (nSPS) is 11.1. The average Bonchev–Trinajstić information content (AvgIpc) is 2.17. The van der Waals surface area contributed by atoms with Gasteiger partial charge in [-0.2, -0.15) is 0 Å². The van der Waals surface area contributed by atoms with Gasteiger partial charge in [0.15, 0.2) is 0 Å². The molecule has 0 aliphatic carbocycles. The van der Waals surface area contributed by atoms with Crippen molar-refractivity contribution >= 4 is 13.8 Å². The molecule has 4 nitrogen and oxygen atoms in total. The molecule has 5 heteroatoms. The van der Waals surface area contributed by atoms with E-state index in [2.05, 4.69) is 0 Å². The molecule has 0 aliphatic heterocycles. The average molecular weight is 221 g/mol. The highest BCUT2D eigenvalue weighted by atomic mass is 31.1. The van der Waals surface area contributed by atoms with E-state index in [1.807, 2.05) is 0 Å². The second-order valence-electron chi connectivity index (χ2n) is 2.96. The van der Waals surface area contributed by atoms with Crippen molar-refractivity contribution in [3.05, 3.63) is 0 Å². The molecule has 0 bridgehead atoms. The summed E-state index contributed by atoms with van der Waals surface area (Å²) in [5.74, 6) is -0.168. The SMILES string of the molecule is CCOC(=O)CCCCC[P+](=O)CO. The van der Waals surface area contributed by atoms with Gasteiger partial charge in [0.05, 0.1) is 6.61 Å². The molecule has 0 saturated heterocycles. The van der Waals surface area contributed by atoms with Crippen molar-refractivity contribution in [3.63, 3.8) is 0 Å². The van der Waals surface area contributed by atoms with Gasteiger partial charge in [-0.25, -0.2) is 0 Å². The summed E-state index contributed by atoms with van der Waals surface area (Å²) in [6.07, 6.45) is 3.19. The van der Waals surface area contributed by atoms with Gasteiger partial charge in [-0.15, -0.1) is 0 Å². The molecule has 0 aliphatic rings. The number of esters is 1. The number of hydrogen-bond donors (Lipinski definition) is 1. The van der Waals surface area contributed by atoms with E-state index in [9.17, 15) is 9.36 Å². The first kappa shape index (κ1) is 13.5. The summed E-state index contributed by atoms with van der Waals surface area (Å²) in [6.45, 7) is 2.21. The summed E-state index contributed by atoms with van der Waals surface area (Å²) in [4.78, 5) is 10.9. The van der Waals surface area contributed by atoms with Gasteiger partial charge in [0, 0.05) is 6.42 Å². The Kier molecular flexibility index (Phi) is 8.79. The predicted molar refractivity (Wildman–Crippen MR) is 54.7 cm³/mol. The van der Waals surface area contributed by atoms with E-state index in [1.54, 1.807) is 6.92 Å². The zero-order chi connectivity index (χ0) is 10.8. The van der Waals surface area contributed by atoms with Gasteiger partial charge in [-0.1, -0.05) is 4.57 Å². The van der Waals surface area contributed by atoms with E-state index < -0.39 is 7.80 Å². The van der Waals surface area contributed by atoms with Gasteiger partial charge in [0.25, 0.3) is 0 Å². The molecular formula is C9H18O4P+. The molecule has 0 aromatic rings.